The molecule has 1 aromatic heterocycles. The van der Waals surface area contributed by atoms with E-state index in [1.54, 1.807) is 7.11 Å². The molecule has 0 bridgehead atoms. The standard InChI is InChI=1S/C15H15N3O2/c1-10-13(11-5-3-4-6-12(11)19-2)18-14(17-10)15(7-16)8-20-9-15/h3-6H,8-9H2,1-2H3,(H,17,18). The fourth-order valence-corrected chi connectivity index (χ4v) is 2.35. The van der Waals surface area contributed by atoms with Crippen molar-refractivity contribution in [3.8, 4) is 23.1 Å². The normalized spacial score (nSPS) is 16.2. The average Bonchev–Trinajstić information content (AvgIpc) is 2.80. The molecule has 20 heavy (non-hydrogen) atoms. The van der Waals surface area contributed by atoms with Crippen LogP contribution in [0.5, 0.6) is 5.75 Å². The van der Waals surface area contributed by atoms with E-state index in [0.717, 1.165) is 22.7 Å². The molecule has 0 amide bonds. The quantitative estimate of drug-likeness (QED) is 0.927. The monoisotopic (exact) mass is 269 g/mol. The van der Waals surface area contributed by atoms with E-state index < -0.39 is 5.41 Å². The number of benzene rings is 1. The summed E-state index contributed by atoms with van der Waals surface area (Å²) in [5.74, 6) is 1.44. The Morgan fingerprint density at radius 2 is 2.15 bits per heavy atom. The number of nitrogens with zero attached hydrogens (tertiary/aromatic N) is 2. The van der Waals surface area contributed by atoms with Gasteiger partial charge in [-0.3, -0.25) is 0 Å². The number of nitriles is 1. The van der Waals surface area contributed by atoms with E-state index in [0.29, 0.717) is 19.0 Å². The number of hydrogen-bond acceptors (Lipinski definition) is 4. The Morgan fingerprint density at radius 1 is 1.40 bits per heavy atom. The Morgan fingerprint density at radius 3 is 2.75 bits per heavy atom. The van der Waals surface area contributed by atoms with Crippen LogP contribution in [0.2, 0.25) is 0 Å². The van der Waals surface area contributed by atoms with Crippen molar-refractivity contribution in [2.75, 3.05) is 20.3 Å². The fourth-order valence-electron chi connectivity index (χ4n) is 2.35. The van der Waals surface area contributed by atoms with E-state index >= 15 is 0 Å². The first-order chi connectivity index (χ1) is 9.70. The van der Waals surface area contributed by atoms with Gasteiger partial charge in [0.1, 0.15) is 11.6 Å². The van der Waals surface area contributed by atoms with Crippen molar-refractivity contribution in [1.29, 1.82) is 5.26 Å². The lowest BCUT2D eigenvalue weighted by Crippen LogP contribution is -2.46. The second-order valence-electron chi connectivity index (χ2n) is 4.95. The summed E-state index contributed by atoms with van der Waals surface area (Å²) in [6.45, 7) is 2.73. The Labute approximate surface area is 117 Å². The molecule has 0 radical (unpaired) electrons. The molecule has 5 heteroatoms. The molecule has 0 aliphatic carbocycles. The highest BCUT2D eigenvalue weighted by Crippen LogP contribution is 2.35. The fraction of sp³-hybridized carbons (Fsp3) is 0.333. The molecule has 102 valence electrons. The predicted octanol–water partition coefficient (Wildman–Crippen LogP) is 2.19. The Balaban J connectivity index is 2.08. The highest BCUT2D eigenvalue weighted by Gasteiger charge is 2.44. The summed E-state index contributed by atoms with van der Waals surface area (Å²) >= 11 is 0. The third-order valence-corrected chi connectivity index (χ3v) is 3.61. The van der Waals surface area contributed by atoms with Crippen molar-refractivity contribution in [1.82, 2.24) is 9.97 Å². The van der Waals surface area contributed by atoms with Gasteiger partial charge in [0.15, 0.2) is 5.41 Å². The summed E-state index contributed by atoms with van der Waals surface area (Å²) in [4.78, 5) is 7.83. The van der Waals surface area contributed by atoms with Gasteiger partial charge >= 0.3 is 0 Å². The molecule has 1 aromatic carbocycles. The van der Waals surface area contributed by atoms with Gasteiger partial charge in [-0.05, 0) is 19.1 Å². The molecule has 5 nitrogen and oxygen atoms in total. The molecule has 1 saturated heterocycles. The maximum Gasteiger partial charge on any atom is 0.161 e. The number of aromatic nitrogens is 2. The van der Waals surface area contributed by atoms with Crippen LogP contribution in [0.4, 0.5) is 0 Å². The third-order valence-electron chi connectivity index (χ3n) is 3.61. The van der Waals surface area contributed by atoms with Crippen LogP contribution < -0.4 is 4.74 Å². The minimum absolute atomic E-state index is 0.391. The summed E-state index contributed by atoms with van der Waals surface area (Å²) in [7, 11) is 1.64. The van der Waals surface area contributed by atoms with Gasteiger partial charge in [-0.1, -0.05) is 12.1 Å². The van der Waals surface area contributed by atoms with Crippen molar-refractivity contribution >= 4 is 0 Å². The average molecular weight is 269 g/mol. The highest BCUT2D eigenvalue weighted by atomic mass is 16.5. The Bertz CT molecular complexity index is 681. The van der Waals surface area contributed by atoms with E-state index in [1.165, 1.54) is 0 Å². The molecule has 1 fully saturated rings. The number of aromatic amines is 1. The number of rotatable bonds is 3. The Hall–Kier alpha value is -2.32. The van der Waals surface area contributed by atoms with Gasteiger partial charge in [0.05, 0.1) is 32.1 Å². The maximum absolute atomic E-state index is 9.35. The largest absolute Gasteiger partial charge is 0.496 e. The first-order valence-electron chi connectivity index (χ1n) is 6.40. The van der Waals surface area contributed by atoms with Crippen LogP contribution in [-0.4, -0.2) is 30.3 Å². The van der Waals surface area contributed by atoms with Crippen molar-refractivity contribution in [3.63, 3.8) is 0 Å². The Kier molecular flexibility index (Phi) is 2.96. The molecule has 1 N–H and O–H groups in total. The molecule has 1 aliphatic heterocycles. The van der Waals surface area contributed by atoms with Crippen LogP contribution in [0, 0.1) is 18.3 Å². The lowest BCUT2D eigenvalue weighted by atomic mass is 9.87. The minimum Gasteiger partial charge on any atom is -0.496 e. The lowest BCUT2D eigenvalue weighted by Gasteiger charge is -2.32. The molecule has 0 spiro atoms. The van der Waals surface area contributed by atoms with Gasteiger partial charge in [-0.25, -0.2) is 4.98 Å². The number of imidazole rings is 1. The number of methoxy groups -OCH3 is 1. The van der Waals surface area contributed by atoms with E-state index in [9.17, 15) is 5.26 Å². The smallest absolute Gasteiger partial charge is 0.161 e. The van der Waals surface area contributed by atoms with Crippen LogP contribution in [-0.2, 0) is 10.2 Å². The molecule has 2 aromatic rings. The summed E-state index contributed by atoms with van der Waals surface area (Å²) in [5, 5.41) is 9.35. The number of aryl methyl sites for hydroxylation is 1. The molecule has 0 saturated carbocycles. The van der Waals surface area contributed by atoms with Gasteiger partial charge in [0.25, 0.3) is 0 Å². The summed E-state index contributed by atoms with van der Waals surface area (Å²) in [5.41, 5.74) is 2.03. The number of para-hydroxylation sites is 1. The van der Waals surface area contributed by atoms with Crippen molar-refractivity contribution < 1.29 is 9.47 Å². The molecular formula is C15H15N3O2. The highest BCUT2D eigenvalue weighted by molar-refractivity contribution is 5.69. The van der Waals surface area contributed by atoms with Gasteiger partial charge in [0, 0.05) is 11.3 Å². The molecule has 2 heterocycles. The van der Waals surface area contributed by atoms with Crippen LogP contribution in [0.1, 0.15) is 11.5 Å². The first kappa shape index (κ1) is 12.7. The second kappa shape index (κ2) is 4.66. The van der Waals surface area contributed by atoms with E-state index in [4.69, 9.17) is 9.47 Å². The number of ether oxygens (including phenoxy) is 2. The second-order valence-corrected chi connectivity index (χ2v) is 4.95. The molecular weight excluding hydrogens is 254 g/mol. The van der Waals surface area contributed by atoms with E-state index in [-0.39, 0.29) is 0 Å². The molecule has 0 unspecified atom stereocenters. The lowest BCUT2D eigenvalue weighted by molar-refractivity contribution is -0.0335. The van der Waals surface area contributed by atoms with E-state index in [1.807, 2.05) is 31.2 Å². The van der Waals surface area contributed by atoms with Crippen molar-refractivity contribution in [2.24, 2.45) is 0 Å². The minimum atomic E-state index is -0.634. The zero-order valence-electron chi connectivity index (χ0n) is 11.4. The molecule has 0 atom stereocenters. The number of hydrogen-bond donors (Lipinski definition) is 1. The predicted molar refractivity (Wildman–Crippen MR) is 73.4 cm³/mol. The third kappa shape index (κ3) is 1.77. The summed E-state index contributed by atoms with van der Waals surface area (Å²) in [6.07, 6.45) is 0. The summed E-state index contributed by atoms with van der Waals surface area (Å²) in [6, 6.07) is 10.0. The number of nitrogens with one attached hydrogen (secondary N) is 1. The van der Waals surface area contributed by atoms with Crippen molar-refractivity contribution in [2.45, 2.75) is 12.3 Å². The molecule has 3 rings (SSSR count). The van der Waals surface area contributed by atoms with Crippen molar-refractivity contribution in [3.05, 3.63) is 35.8 Å². The van der Waals surface area contributed by atoms with Crippen LogP contribution in [0.25, 0.3) is 11.3 Å². The summed E-state index contributed by atoms with van der Waals surface area (Å²) < 4.78 is 10.5. The van der Waals surface area contributed by atoms with Gasteiger partial charge in [0.2, 0.25) is 0 Å². The topological polar surface area (TPSA) is 70.9 Å². The number of H-pyrrole nitrogens is 1. The zero-order valence-corrected chi connectivity index (χ0v) is 11.4. The van der Waals surface area contributed by atoms with E-state index in [2.05, 4.69) is 16.0 Å². The van der Waals surface area contributed by atoms with Gasteiger partial charge < -0.3 is 14.5 Å². The van der Waals surface area contributed by atoms with Crippen LogP contribution in [0.15, 0.2) is 24.3 Å². The van der Waals surface area contributed by atoms with Gasteiger partial charge in [-0.2, -0.15) is 5.26 Å². The van der Waals surface area contributed by atoms with Gasteiger partial charge in [-0.15, -0.1) is 0 Å². The van der Waals surface area contributed by atoms with Crippen LogP contribution >= 0.6 is 0 Å². The van der Waals surface area contributed by atoms with Crippen LogP contribution in [0.3, 0.4) is 0 Å². The zero-order chi connectivity index (χ0) is 14.2. The maximum atomic E-state index is 9.35. The first-order valence-corrected chi connectivity index (χ1v) is 6.40. The molecule has 1 aliphatic rings. The SMILES string of the molecule is COc1ccccc1-c1nc(C2(C#N)COC2)[nH]c1C.